The van der Waals surface area contributed by atoms with E-state index >= 15 is 0 Å². The summed E-state index contributed by atoms with van der Waals surface area (Å²) < 4.78 is 7.49. The molecule has 1 aromatic heterocycles. The second-order valence-electron chi connectivity index (χ2n) is 8.84. The molecular weight excluding hydrogens is 458 g/mol. The van der Waals surface area contributed by atoms with Crippen LogP contribution in [0.15, 0.2) is 88.8 Å². The number of piperidine rings is 1. The van der Waals surface area contributed by atoms with Crippen LogP contribution in [0.5, 0.6) is 11.5 Å². The second kappa shape index (κ2) is 10.4. The van der Waals surface area contributed by atoms with Crippen LogP contribution in [0.2, 0.25) is 0 Å². The summed E-state index contributed by atoms with van der Waals surface area (Å²) in [5.41, 5.74) is 1.14. The lowest BCUT2D eigenvalue weighted by Gasteiger charge is -2.30. The highest BCUT2D eigenvalue weighted by atomic mass is 32.2. The van der Waals surface area contributed by atoms with Crippen molar-refractivity contribution in [3.8, 4) is 17.2 Å². The van der Waals surface area contributed by atoms with Gasteiger partial charge in [-0.3, -0.25) is 14.2 Å². The Balaban J connectivity index is 1.44. The molecule has 5 rings (SSSR count). The Morgan fingerprint density at radius 2 is 1.71 bits per heavy atom. The number of thioether (sulfide) groups is 1. The minimum atomic E-state index is -0.158. The van der Waals surface area contributed by atoms with E-state index in [1.54, 1.807) is 10.6 Å². The molecule has 3 aromatic carbocycles. The summed E-state index contributed by atoms with van der Waals surface area (Å²) in [6.45, 7) is 3.77. The van der Waals surface area contributed by atoms with Crippen LogP contribution < -0.4 is 10.3 Å². The number of hydrogen-bond acceptors (Lipinski definition) is 5. The fourth-order valence-electron chi connectivity index (χ4n) is 4.36. The number of likely N-dealkylation sites (tertiary alicyclic amines) is 1. The Labute approximate surface area is 208 Å². The number of nitrogens with zero attached hydrogens (tertiary/aromatic N) is 3. The Hall–Kier alpha value is -3.58. The van der Waals surface area contributed by atoms with Crippen molar-refractivity contribution in [2.75, 3.05) is 18.8 Å². The van der Waals surface area contributed by atoms with Crippen LogP contribution >= 0.6 is 11.8 Å². The molecule has 1 aliphatic heterocycles. The van der Waals surface area contributed by atoms with Gasteiger partial charge in [-0.05, 0) is 67.3 Å². The van der Waals surface area contributed by atoms with Crippen LogP contribution in [-0.2, 0) is 4.79 Å². The number of amides is 1. The molecule has 7 heteroatoms. The van der Waals surface area contributed by atoms with Gasteiger partial charge in [0.1, 0.15) is 11.5 Å². The van der Waals surface area contributed by atoms with Crippen molar-refractivity contribution >= 4 is 28.6 Å². The molecule has 35 heavy (non-hydrogen) atoms. The molecule has 0 saturated carbocycles. The van der Waals surface area contributed by atoms with Crippen LogP contribution in [0.1, 0.15) is 19.8 Å². The standard InChI is InChI=1S/C28H27N3O3S/c1-20-8-7-17-30(18-20)26(32)19-35-28-29-25-12-6-5-11-24(25)27(33)31(28)21-13-15-23(16-14-21)34-22-9-3-2-4-10-22/h2-6,9-16,20H,7-8,17-19H2,1H3/t20-/m1/s1. The highest BCUT2D eigenvalue weighted by molar-refractivity contribution is 7.99. The smallest absolute Gasteiger partial charge is 0.266 e. The first-order chi connectivity index (χ1) is 17.1. The summed E-state index contributed by atoms with van der Waals surface area (Å²) in [5, 5.41) is 1.04. The first-order valence-electron chi connectivity index (χ1n) is 11.8. The Kier molecular flexibility index (Phi) is 6.86. The van der Waals surface area contributed by atoms with Crippen molar-refractivity contribution in [3.05, 3.63) is 89.2 Å². The van der Waals surface area contributed by atoms with Gasteiger partial charge in [-0.1, -0.05) is 49.0 Å². The van der Waals surface area contributed by atoms with Crippen molar-refractivity contribution in [2.24, 2.45) is 5.92 Å². The maximum absolute atomic E-state index is 13.5. The maximum Gasteiger partial charge on any atom is 0.266 e. The molecule has 178 valence electrons. The van der Waals surface area contributed by atoms with Gasteiger partial charge in [0.05, 0.1) is 22.3 Å². The minimum absolute atomic E-state index is 0.0853. The van der Waals surface area contributed by atoms with E-state index in [9.17, 15) is 9.59 Å². The van der Waals surface area contributed by atoms with Gasteiger partial charge in [0, 0.05) is 13.1 Å². The number of para-hydroxylation sites is 2. The third-order valence-corrected chi connectivity index (χ3v) is 7.08. The number of carbonyl (C=O) groups is 1. The Morgan fingerprint density at radius 1 is 1.00 bits per heavy atom. The molecule has 1 saturated heterocycles. The normalized spacial score (nSPS) is 15.8. The molecule has 0 aliphatic carbocycles. The molecule has 1 fully saturated rings. The molecule has 0 spiro atoms. The summed E-state index contributed by atoms with van der Waals surface area (Å²) in [7, 11) is 0. The summed E-state index contributed by atoms with van der Waals surface area (Å²) in [6.07, 6.45) is 2.20. The van der Waals surface area contributed by atoms with Crippen molar-refractivity contribution in [2.45, 2.75) is 24.9 Å². The third-order valence-electron chi connectivity index (χ3n) is 6.15. The average Bonchev–Trinajstić information content (AvgIpc) is 2.89. The van der Waals surface area contributed by atoms with Gasteiger partial charge in [-0.2, -0.15) is 0 Å². The predicted octanol–water partition coefficient (Wildman–Crippen LogP) is 5.53. The van der Waals surface area contributed by atoms with E-state index in [0.29, 0.717) is 33.4 Å². The first kappa shape index (κ1) is 23.2. The zero-order valence-electron chi connectivity index (χ0n) is 19.6. The van der Waals surface area contributed by atoms with Gasteiger partial charge in [-0.25, -0.2) is 4.98 Å². The number of rotatable bonds is 6. The fourth-order valence-corrected chi connectivity index (χ4v) is 5.27. The molecule has 0 N–H and O–H groups in total. The van der Waals surface area contributed by atoms with Crippen LogP contribution in [0.4, 0.5) is 0 Å². The van der Waals surface area contributed by atoms with Gasteiger partial charge in [0.2, 0.25) is 5.91 Å². The molecule has 0 bridgehead atoms. The monoisotopic (exact) mass is 485 g/mol. The molecule has 4 aromatic rings. The molecule has 0 unspecified atom stereocenters. The molecule has 2 heterocycles. The summed E-state index contributed by atoms with van der Waals surface area (Å²) in [6, 6.07) is 24.2. The van der Waals surface area contributed by atoms with E-state index in [4.69, 9.17) is 9.72 Å². The van der Waals surface area contributed by atoms with Crippen LogP contribution in [0.25, 0.3) is 16.6 Å². The number of fused-ring (bicyclic) bond motifs is 1. The van der Waals surface area contributed by atoms with E-state index in [-0.39, 0.29) is 17.2 Å². The largest absolute Gasteiger partial charge is 0.457 e. The van der Waals surface area contributed by atoms with E-state index in [0.717, 1.165) is 31.7 Å². The average molecular weight is 486 g/mol. The summed E-state index contributed by atoms with van der Waals surface area (Å²) >= 11 is 1.31. The topological polar surface area (TPSA) is 64.4 Å². The predicted molar refractivity (Wildman–Crippen MR) is 140 cm³/mol. The molecule has 0 radical (unpaired) electrons. The highest BCUT2D eigenvalue weighted by Gasteiger charge is 2.22. The lowest BCUT2D eigenvalue weighted by molar-refractivity contribution is -0.130. The van der Waals surface area contributed by atoms with Gasteiger partial charge in [-0.15, -0.1) is 0 Å². The molecule has 1 amide bonds. The van der Waals surface area contributed by atoms with Gasteiger partial charge in [0.25, 0.3) is 5.56 Å². The lowest BCUT2D eigenvalue weighted by atomic mass is 10.0. The van der Waals surface area contributed by atoms with E-state index in [1.807, 2.05) is 77.7 Å². The zero-order valence-corrected chi connectivity index (χ0v) is 20.4. The molecule has 1 atom stereocenters. The van der Waals surface area contributed by atoms with E-state index in [2.05, 4.69) is 6.92 Å². The van der Waals surface area contributed by atoms with Crippen molar-refractivity contribution in [1.82, 2.24) is 14.5 Å². The lowest BCUT2D eigenvalue weighted by Crippen LogP contribution is -2.40. The number of hydrogen-bond donors (Lipinski definition) is 0. The molecular formula is C28H27N3O3S. The van der Waals surface area contributed by atoms with Crippen LogP contribution in [0.3, 0.4) is 0 Å². The number of aromatic nitrogens is 2. The zero-order chi connectivity index (χ0) is 24.2. The van der Waals surface area contributed by atoms with Gasteiger partial charge < -0.3 is 9.64 Å². The van der Waals surface area contributed by atoms with Crippen molar-refractivity contribution in [1.29, 1.82) is 0 Å². The number of carbonyl (C=O) groups excluding carboxylic acids is 1. The van der Waals surface area contributed by atoms with E-state index in [1.165, 1.54) is 11.8 Å². The Bertz CT molecular complexity index is 1390. The van der Waals surface area contributed by atoms with Crippen LogP contribution in [0, 0.1) is 5.92 Å². The van der Waals surface area contributed by atoms with Crippen molar-refractivity contribution in [3.63, 3.8) is 0 Å². The van der Waals surface area contributed by atoms with Crippen molar-refractivity contribution < 1.29 is 9.53 Å². The maximum atomic E-state index is 13.5. The first-order valence-corrected chi connectivity index (χ1v) is 12.8. The third kappa shape index (κ3) is 5.25. The minimum Gasteiger partial charge on any atom is -0.457 e. The number of ether oxygens (including phenoxy) is 1. The second-order valence-corrected chi connectivity index (χ2v) is 9.78. The summed E-state index contributed by atoms with van der Waals surface area (Å²) in [4.78, 5) is 33.1. The number of benzene rings is 3. The quantitative estimate of drug-likeness (QED) is 0.265. The highest BCUT2D eigenvalue weighted by Crippen LogP contribution is 2.26. The summed E-state index contributed by atoms with van der Waals surface area (Å²) in [5.74, 6) is 2.26. The fraction of sp³-hybridized carbons (Fsp3) is 0.250. The van der Waals surface area contributed by atoms with E-state index < -0.39 is 0 Å². The van der Waals surface area contributed by atoms with Gasteiger partial charge >= 0.3 is 0 Å². The molecule has 1 aliphatic rings. The Morgan fingerprint density at radius 3 is 2.49 bits per heavy atom. The van der Waals surface area contributed by atoms with Crippen LogP contribution in [-0.4, -0.2) is 39.2 Å². The molecule has 6 nitrogen and oxygen atoms in total. The SMILES string of the molecule is C[C@@H]1CCCN(C(=O)CSc2nc3ccccc3c(=O)n2-c2ccc(Oc3ccccc3)cc2)C1. The van der Waals surface area contributed by atoms with Gasteiger partial charge in [0.15, 0.2) is 5.16 Å².